The highest BCUT2D eigenvalue weighted by molar-refractivity contribution is 6.07. The molecular formula is C19H16FN3O3. The third-order valence-corrected chi connectivity index (χ3v) is 4.13. The van der Waals surface area contributed by atoms with Crippen molar-refractivity contribution in [2.24, 2.45) is 5.10 Å². The lowest BCUT2D eigenvalue weighted by molar-refractivity contribution is -0.123. The van der Waals surface area contributed by atoms with Gasteiger partial charge in [-0.2, -0.15) is 10.4 Å². The van der Waals surface area contributed by atoms with Crippen LogP contribution in [0.4, 0.5) is 4.39 Å². The zero-order valence-corrected chi connectivity index (χ0v) is 14.0. The second-order valence-corrected chi connectivity index (χ2v) is 5.95. The molecule has 0 aliphatic heterocycles. The molecule has 132 valence electrons. The van der Waals surface area contributed by atoms with Crippen LogP contribution in [0.25, 0.3) is 0 Å². The molecule has 1 atom stereocenters. The average Bonchev–Trinajstić information content (AvgIpc) is 2.99. The number of hydrogen-bond acceptors (Lipinski definition) is 5. The summed E-state index contributed by atoms with van der Waals surface area (Å²) < 4.78 is 19.3. The molecule has 26 heavy (non-hydrogen) atoms. The smallest absolute Gasteiger partial charge is 0.277 e. The number of aromatic hydroxyl groups is 1. The fraction of sp³-hybridized carbons (Fsp3) is 0.211. The predicted octanol–water partition coefficient (Wildman–Crippen LogP) is 2.81. The third kappa shape index (κ3) is 3.35. The van der Waals surface area contributed by atoms with Crippen LogP contribution in [-0.2, 0) is 4.79 Å². The highest BCUT2D eigenvalue weighted by atomic mass is 19.1. The molecule has 2 N–H and O–H groups in total. The number of carbonyl (C=O) groups excluding carboxylic acids is 1. The van der Waals surface area contributed by atoms with Crippen molar-refractivity contribution in [1.29, 1.82) is 5.26 Å². The van der Waals surface area contributed by atoms with Gasteiger partial charge in [0.2, 0.25) is 0 Å². The Morgan fingerprint density at radius 3 is 2.96 bits per heavy atom. The molecular weight excluding hydrogens is 337 g/mol. The zero-order chi connectivity index (χ0) is 18.7. The number of hydrogen-bond donors (Lipinski definition) is 2. The monoisotopic (exact) mass is 353 g/mol. The number of halogens is 1. The molecule has 0 saturated heterocycles. The molecule has 0 fully saturated rings. The Kier molecular flexibility index (Phi) is 4.85. The van der Waals surface area contributed by atoms with Gasteiger partial charge in [-0.05, 0) is 36.6 Å². The van der Waals surface area contributed by atoms with Gasteiger partial charge in [-0.1, -0.05) is 19.1 Å². The maximum Gasteiger partial charge on any atom is 0.277 e. The summed E-state index contributed by atoms with van der Waals surface area (Å²) in [5, 5.41) is 23.0. The molecule has 6 nitrogen and oxygen atoms in total. The molecule has 0 unspecified atom stereocenters. The Morgan fingerprint density at radius 2 is 2.19 bits per heavy atom. The molecule has 2 aromatic rings. The molecule has 0 heterocycles. The van der Waals surface area contributed by atoms with Crippen molar-refractivity contribution in [3.05, 3.63) is 58.9 Å². The molecule has 1 aliphatic rings. The molecule has 7 heteroatoms. The van der Waals surface area contributed by atoms with Gasteiger partial charge < -0.3 is 9.84 Å². The van der Waals surface area contributed by atoms with E-state index in [0.29, 0.717) is 34.6 Å². The minimum absolute atomic E-state index is 0.0713. The highest BCUT2D eigenvalue weighted by Gasteiger charge is 2.30. The number of carbonyl (C=O) groups is 1. The maximum atomic E-state index is 14.0. The molecule has 3 rings (SSSR count). The van der Waals surface area contributed by atoms with E-state index in [0.717, 1.165) is 0 Å². The zero-order valence-electron chi connectivity index (χ0n) is 14.0. The van der Waals surface area contributed by atoms with Crippen molar-refractivity contribution in [3.8, 4) is 17.6 Å². The first-order valence-electron chi connectivity index (χ1n) is 8.00. The standard InChI is InChI=1S/C19H16FN3O3/c1-11-8-14(19-15(24)7-6-13(20)18(11)19)22-23-17(25)10-26-16-5-3-2-4-12(16)9-21/h2-7,11,24H,8,10H2,1H3,(H,23,25)/b22-14+/t11-/m1/s1. The van der Waals surface area contributed by atoms with Gasteiger partial charge in [-0.3, -0.25) is 4.79 Å². The molecule has 0 radical (unpaired) electrons. The number of para-hydroxylation sites is 1. The first-order valence-corrected chi connectivity index (χ1v) is 8.00. The van der Waals surface area contributed by atoms with E-state index >= 15 is 0 Å². The molecule has 1 amide bonds. The largest absolute Gasteiger partial charge is 0.507 e. The van der Waals surface area contributed by atoms with Crippen LogP contribution in [0.5, 0.6) is 11.5 Å². The van der Waals surface area contributed by atoms with Crippen LogP contribution in [0, 0.1) is 17.1 Å². The van der Waals surface area contributed by atoms with Crippen molar-refractivity contribution < 1.29 is 19.0 Å². The minimum atomic E-state index is -0.526. The Hall–Kier alpha value is -3.40. The fourth-order valence-electron chi connectivity index (χ4n) is 2.95. The first kappa shape index (κ1) is 17.4. The van der Waals surface area contributed by atoms with Crippen LogP contribution in [0.2, 0.25) is 0 Å². The molecule has 0 spiro atoms. The van der Waals surface area contributed by atoms with Crippen LogP contribution >= 0.6 is 0 Å². The lowest BCUT2D eigenvalue weighted by Gasteiger charge is -2.07. The lowest BCUT2D eigenvalue weighted by Crippen LogP contribution is -2.26. The number of nitriles is 1. The Bertz CT molecular complexity index is 934. The quantitative estimate of drug-likeness (QED) is 0.827. The van der Waals surface area contributed by atoms with Crippen molar-refractivity contribution in [2.45, 2.75) is 19.3 Å². The molecule has 0 saturated carbocycles. The summed E-state index contributed by atoms with van der Waals surface area (Å²) >= 11 is 0. The number of nitrogens with one attached hydrogen (secondary N) is 1. The van der Waals surface area contributed by atoms with Crippen LogP contribution in [-0.4, -0.2) is 23.3 Å². The minimum Gasteiger partial charge on any atom is -0.507 e. The van der Waals surface area contributed by atoms with Gasteiger partial charge in [-0.15, -0.1) is 0 Å². The van der Waals surface area contributed by atoms with Crippen molar-refractivity contribution >= 4 is 11.6 Å². The maximum absolute atomic E-state index is 14.0. The van der Waals surface area contributed by atoms with E-state index in [1.165, 1.54) is 12.1 Å². The van der Waals surface area contributed by atoms with E-state index in [-0.39, 0.29) is 18.3 Å². The summed E-state index contributed by atoms with van der Waals surface area (Å²) in [4.78, 5) is 12.0. The van der Waals surface area contributed by atoms with E-state index < -0.39 is 11.7 Å². The summed E-state index contributed by atoms with van der Waals surface area (Å²) in [6.45, 7) is 1.50. The van der Waals surface area contributed by atoms with Crippen molar-refractivity contribution in [3.63, 3.8) is 0 Å². The van der Waals surface area contributed by atoms with E-state index in [1.54, 1.807) is 24.3 Å². The van der Waals surface area contributed by atoms with Gasteiger partial charge in [-0.25, -0.2) is 9.82 Å². The predicted molar refractivity (Wildman–Crippen MR) is 92.4 cm³/mol. The third-order valence-electron chi connectivity index (χ3n) is 4.13. The number of fused-ring (bicyclic) bond motifs is 1. The van der Waals surface area contributed by atoms with Gasteiger partial charge >= 0.3 is 0 Å². The van der Waals surface area contributed by atoms with E-state index in [9.17, 15) is 14.3 Å². The Balaban J connectivity index is 1.69. The number of hydrazone groups is 1. The Morgan fingerprint density at radius 1 is 1.42 bits per heavy atom. The lowest BCUT2D eigenvalue weighted by atomic mass is 10.0. The van der Waals surface area contributed by atoms with E-state index in [4.69, 9.17) is 10.00 Å². The molecule has 0 bridgehead atoms. The summed E-state index contributed by atoms with van der Waals surface area (Å²) in [5.74, 6) is -0.845. The fourth-order valence-corrected chi connectivity index (χ4v) is 2.95. The van der Waals surface area contributed by atoms with E-state index in [2.05, 4.69) is 10.5 Å². The number of ether oxygens (including phenoxy) is 1. The number of phenolic OH excluding ortho intramolecular Hbond substituents is 1. The summed E-state index contributed by atoms with van der Waals surface area (Å²) in [5.41, 5.74) is 3.81. The number of amides is 1. The number of rotatable bonds is 4. The van der Waals surface area contributed by atoms with Gasteiger partial charge in [0.15, 0.2) is 6.61 Å². The van der Waals surface area contributed by atoms with E-state index in [1.807, 2.05) is 13.0 Å². The van der Waals surface area contributed by atoms with Crippen molar-refractivity contribution in [1.82, 2.24) is 5.43 Å². The van der Waals surface area contributed by atoms with Gasteiger partial charge in [0.25, 0.3) is 5.91 Å². The van der Waals surface area contributed by atoms with Crippen LogP contribution in [0.3, 0.4) is 0 Å². The number of nitrogens with zero attached hydrogens (tertiary/aromatic N) is 2. The van der Waals surface area contributed by atoms with Crippen molar-refractivity contribution in [2.75, 3.05) is 6.61 Å². The van der Waals surface area contributed by atoms with Crippen LogP contribution in [0.1, 0.15) is 36.0 Å². The SMILES string of the molecule is C[C@@H]1C/C(=N\NC(=O)COc2ccccc2C#N)c2c(O)ccc(F)c21. The normalized spacial score (nSPS) is 16.8. The average molecular weight is 353 g/mol. The topological polar surface area (TPSA) is 94.7 Å². The van der Waals surface area contributed by atoms with Crippen LogP contribution in [0.15, 0.2) is 41.5 Å². The molecule has 2 aromatic carbocycles. The number of phenols is 1. The Labute approximate surface area is 149 Å². The summed E-state index contributed by atoms with van der Waals surface area (Å²) in [7, 11) is 0. The van der Waals surface area contributed by atoms with Crippen LogP contribution < -0.4 is 10.2 Å². The van der Waals surface area contributed by atoms with Gasteiger partial charge in [0.05, 0.1) is 11.3 Å². The first-order chi connectivity index (χ1) is 12.5. The van der Waals surface area contributed by atoms with Gasteiger partial charge in [0.1, 0.15) is 23.4 Å². The molecule has 0 aromatic heterocycles. The highest BCUT2D eigenvalue weighted by Crippen LogP contribution is 2.39. The summed E-state index contributed by atoms with van der Waals surface area (Å²) in [6, 6.07) is 11.0. The second kappa shape index (κ2) is 7.23. The summed E-state index contributed by atoms with van der Waals surface area (Å²) in [6.07, 6.45) is 0.405. The second-order valence-electron chi connectivity index (χ2n) is 5.95. The van der Waals surface area contributed by atoms with Gasteiger partial charge in [0, 0.05) is 11.1 Å². The molecule has 1 aliphatic carbocycles. The number of benzene rings is 2.